The van der Waals surface area contributed by atoms with Gasteiger partial charge in [0, 0.05) is 6.54 Å². The molecule has 0 spiro atoms. The van der Waals surface area contributed by atoms with Gasteiger partial charge in [-0.15, -0.1) is 0 Å². The quantitative estimate of drug-likeness (QED) is 0.796. The molecular weight excluding hydrogens is 206 g/mol. The Kier molecular flexibility index (Phi) is 4.56. The SMILES string of the molecule is CCOC(=S)NCc1ccc(C)cc1C. The topological polar surface area (TPSA) is 21.3 Å². The van der Waals surface area contributed by atoms with Crippen LogP contribution in [0.1, 0.15) is 23.6 Å². The second-order valence-electron chi connectivity index (χ2n) is 3.50. The summed E-state index contributed by atoms with van der Waals surface area (Å²) in [7, 11) is 0. The molecule has 0 atom stereocenters. The lowest BCUT2D eigenvalue weighted by molar-refractivity contribution is 0.320. The predicted molar refractivity (Wildman–Crippen MR) is 67.0 cm³/mol. The monoisotopic (exact) mass is 223 g/mol. The highest BCUT2D eigenvalue weighted by Gasteiger charge is 2.00. The van der Waals surface area contributed by atoms with E-state index in [1.54, 1.807) is 0 Å². The molecule has 2 nitrogen and oxygen atoms in total. The van der Waals surface area contributed by atoms with Crippen LogP contribution >= 0.6 is 12.2 Å². The Morgan fingerprint density at radius 1 is 1.40 bits per heavy atom. The number of thiocarbonyl (C=S) groups is 1. The van der Waals surface area contributed by atoms with E-state index in [9.17, 15) is 0 Å². The number of ether oxygens (including phenoxy) is 1. The highest BCUT2D eigenvalue weighted by molar-refractivity contribution is 7.80. The number of nitrogens with one attached hydrogen (secondary N) is 1. The van der Waals surface area contributed by atoms with E-state index in [2.05, 4.69) is 37.4 Å². The van der Waals surface area contributed by atoms with Gasteiger partial charge in [-0.25, -0.2) is 0 Å². The molecule has 0 aliphatic rings. The summed E-state index contributed by atoms with van der Waals surface area (Å²) in [4.78, 5) is 0. The molecule has 0 saturated heterocycles. The zero-order valence-corrected chi connectivity index (χ0v) is 10.3. The van der Waals surface area contributed by atoms with Gasteiger partial charge in [0.25, 0.3) is 5.17 Å². The Morgan fingerprint density at radius 3 is 2.73 bits per heavy atom. The van der Waals surface area contributed by atoms with Crippen LogP contribution in [0.15, 0.2) is 18.2 Å². The third kappa shape index (κ3) is 3.88. The van der Waals surface area contributed by atoms with Crippen LogP contribution < -0.4 is 5.32 Å². The summed E-state index contributed by atoms with van der Waals surface area (Å²) in [6, 6.07) is 6.39. The van der Waals surface area contributed by atoms with E-state index in [1.165, 1.54) is 16.7 Å². The van der Waals surface area contributed by atoms with Gasteiger partial charge in [0.05, 0.1) is 6.61 Å². The van der Waals surface area contributed by atoms with Crippen LogP contribution in [0.2, 0.25) is 0 Å². The Morgan fingerprint density at radius 2 is 2.13 bits per heavy atom. The smallest absolute Gasteiger partial charge is 0.256 e. The first kappa shape index (κ1) is 12.0. The van der Waals surface area contributed by atoms with Gasteiger partial charge >= 0.3 is 0 Å². The number of aryl methyl sites for hydroxylation is 2. The number of hydrogen-bond acceptors (Lipinski definition) is 2. The number of hydrogen-bond donors (Lipinski definition) is 1. The summed E-state index contributed by atoms with van der Waals surface area (Å²) in [5.74, 6) is 0. The van der Waals surface area contributed by atoms with E-state index >= 15 is 0 Å². The van der Waals surface area contributed by atoms with Crippen LogP contribution in [0.5, 0.6) is 0 Å². The summed E-state index contributed by atoms with van der Waals surface area (Å²) in [5.41, 5.74) is 3.81. The van der Waals surface area contributed by atoms with Crippen molar-refractivity contribution in [1.29, 1.82) is 0 Å². The molecule has 0 aromatic heterocycles. The van der Waals surface area contributed by atoms with Crippen LogP contribution in [-0.4, -0.2) is 11.8 Å². The largest absolute Gasteiger partial charge is 0.471 e. The van der Waals surface area contributed by atoms with Gasteiger partial charge in [-0.2, -0.15) is 0 Å². The van der Waals surface area contributed by atoms with E-state index in [4.69, 9.17) is 17.0 Å². The van der Waals surface area contributed by atoms with Crippen molar-refractivity contribution in [3.63, 3.8) is 0 Å². The zero-order valence-electron chi connectivity index (χ0n) is 9.46. The predicted octanol–water partition coefficient (Wildman–Crippen LogP) is 2.71. The minimum Gasteiger partial charge on any atom is -0.471 e. The molecule has 0 amide bonds. The molecule has 0 aliphatic heterocycles. The average Bonchev–Trinajstić information content (AvgIpc) is 2.17. The minimum atomic E-state index is 0.470. The van der Waals surface area contributed by atoms with Crippen LogP contribution in [0.3, 0.4) is 0 Å². The lowest BCUT2D eigenvalue weighted by Crippen LogP contribution is -2.23. The molecule has 0 bridgehead atoms. The summed E-state index contributed by atoms with van der Waals surface area (Å²) < 4.78 is 5.15. The molecule has 82 valence electrons. The molecule has 1 aromatic carbocycles. The third-order valence-electron chi connectivity index (χ3n) is 2.20. The van der Waals surface area contributed by atoms with Crippen molar-refractivity contribution in [2.75, 3.05) is 6.61 Å². The van der Waals surface area contributed by atoms with Crippen LogP contribution in [0.4, 0.5) is 0 Å². The van der Waals surface area contributed by atoms with E-state index in [0.29, 0.717) is 11.8 Å². The maximum atomic E-state index is 5.15. The van der Waals surface area contributed by atoms with Crippen molar-refractivity contribution in [2.24, 2.45) is 0 Å². The molecule has 0 unspecified atom stereocenters. The Hall–Kier alpha value is -1.09. The van der Waals surface area contributed by atoms with Crippen molar-refractivity contribution in [1.82, 2.24) is 5.32 Å². The van der Waals surface area contributed by atoms with Gasteiger partial charge in [-0.1, -0.05) is 23.8 Å². The molecule has 1 aromatic rings. The number of benzene rings is 1. The van der Waals surface area contributed by atoms with Crippen LogP contribution in [0, 0.1) is 13.8 Å². The van der Waals surface area contributed by atoms with Gasteiger partial charge in [0.15, 0.2) is 0 Å². The summed E-state index contributed by atoms with van der Waals surface area (Å²) in [6.45, 7) is 7.46. The fourth-order valence-corrected chi connectivity index (χ4v) is 1.58. The summed E-state index contributed by atoms with van der Waals surface area (Å²) in [5, 5.41) is 3.54. The van der Waals surface area contributed by atoms with Gasteiger partial charge in [0.2, 0.25) is 0 Å². The minimum absolute atomic E-state index is 0.470. The van der Waals surface area contributed by atoms with Crippen molar-refractivity contribution in [3.05, 3.63) is 34.9 Å². The fraction of sp³-hybridized carbons (Fsp3) is 0.417. The van der Waals surface area contributed by atoms with Gasteiger partial charge < -0.3 is 10.1 Å². The second-order valence-corrected chi connectivity index (χ2v) is 3.87. The summed E-state index contributed by atoms with van der Waals surface area (Å²) >= 11 is 4.99. The molecule has 0 saturated carbocycles. The molecule has 0 radical (unpaired) electrons. The van der Waals surface area contributed by atoms with Crippen LogP contribution in [0.25, 0.3) is 0 Å². The molecule has 0 aliphatic carbocycles. The van der Waals surface area contributed by atoms with Crippen molar-refractivity contribution in [3.8, 4) is 0 Å². The van der Waals surface area contributed by atoms with Crippen molar-refractivity contribution >= 4 is 17.4 Å². The zero-order chi connectivity index (χ0) is 11.3. The Balaban J connectivity index is 2.54. The number of rotatable bonds is 3. The molecule has 15 heavy (non-hydrogen) atoms. The first-order valence-electron chi connectivity index (χ1n) is 5.10. The third-order valence-corrected chi connectivity index (χ3v) is 2.46. The Bertz CT molecular complexity index is 349. The molecular formula is C12H17NOS. The molecule has 1 rings (SSSR count). The highest BCUT2D eigenvalue weighted by atomic mass is 32.1. The van der Waals surface area contributed by atoms with E-state index < -0.39 is 0 Å². The van der Waals surface area contributed by atoms with Crippen LogP contribution in [-0.2, 0) is 11.3 Å². The summed E-state index contributed by atoms with van der Waals surface area (Å²) in [6.07, 6.45) is 0. The lowest BCUT2D eigenvalue weighted by Gasteiger charge is -2.10. The molecule has 3 heteroatoms. The second kappa shape index (κ2) is 5.71. The van der Waals surface area contributed by atoms with E-state index in [1.807, 2.05) is 6.92 Å². The molecule has 0 heterocycles. The lowest BCUT2D eigenvalue weighted by atomic mass is 10.1. The standard InChI is InChI=1S/C12H17NOS/c1-4-14-12(15)13-8-11-6-5-9(2)7-10(11)3/h5-7H,4,8H2,1-3H3,(H,13,15). The Labute approximate surface area is 96.6 Å². The fourth-order valence-electron chi connectivity index (χ4n) is 1.39. The maximum Gasteiger partial charge on any atom is 0.256 e. The molecule has 0 fully saturated rings. The van der Waals surface area contributed by atoms with Crippen molar-refractivity contribution in [2.45, 2.75) is 27.3 Å². The van der Waals surface area contributed by atoms with E-state index in [0.717, 1.165) is 6.54 Å². The van der Waals surface area contributed by atoms with Gasteiger partial charge in [-0.3, -0.25) is 0 Å². The van der Waals surface area contributed by atoms with Crippen molar-refractivity contribution < 1.29 is 4.74 Å². The highest BCUT2D eigenvalue weighted by Crippen LogP contribution is 2.09. The molecule has 1 N–H and O–H groups in total. The van der Waals surface area contributed by atoms with Gasteiger partial charge in [-0.05, 0) is 44.1 Å². The first-order valence-corrected chi connectivity index (χ1v) is 5.51. The van der Waals surface area contributed by atoms with E-state index in [-0.39, 0.29) is 0 Å². The normalized spacial score (nSPS) is 9.80. The van der Waals surface area contributed by atoms with Gasteiger partial charge in [0.1, 0.15) is 0 Å². The first-order chi connectivity index (χ1) is 7.13. The maximum absolute atomic E-state index is 5.15. The average molecular weight is 223 g/mol.